The second-order valence-corrected chi connectivity index (χ2v) is 9.13. The lowest BCUT2D eigenvalue weighted by Crippen LogP contribution is -2.59. The normalized spacial score (nSPS) is 51.8. The largest absolute Gasteiger partial charge is 0.343 e. The molecule has 126 valence electrons. The highest BCUT2D eigenvalue weighted by atomic mass is 16.7. The fraction of sp³-hybridized carbons (Fsp3) is 1.00. The van der Waals surface area contributed by atoms with Gasteiger partial charge in [0.2, 0.25) is 0 Å². The molecule has 4 fully saturated rings. The molecule has 0 aromatic heterocycles. The Kier molecular flexibility index (Phi) is 3.46. The Balaban J connectivity index is 1.67. The van der Waals surface area contributed by atoms with Gasteiger partial charge in [0.25, 0.3) is 5.97 Å². The topological polar surface area (TPSA) is 60.7 Å². The third-order valence-corrected chi connectivity index (χ3v) is 8.60. The highest BCUT2D eigenvalue weighted by molar-refractivity contribution is 5.09. The Morgan fingerprint density at radius 1 is 0.773 bits per heavy atom. The zero-order chi connectivity index (χ0) is 15.6. The third-order valence-electron chi connectivity index (χ3n) is 8.60. The van der Waals surface area contributed by atoms with Crippen LogP contribution in [0.5, 0.6) is 0 Å². The van der Waals surface area contributed by atoms with Crippen molar-refractivity contribution in [3.8, 4) is 0 Å². The van der Waals surface area contributed by atoms with Gasteiger partial charge in [-0.25, -0.2) is 0 Å². The molecule has 0 heterocycles. The molecule has 0 aromatic rings. The number of hydrogen-bond acceptors (Lipinski definition) is 3. The van der Waals surface area contributed by atoms with Gasteiger partial charge in [0.05, 0.1) is 5.41 Å². The van der Waals surface area contributed by atoms with E-state index in [1.54, 1.807) is 0 Å². The standard InChI is InChI=1S/C19H32O3/c1-17-10-3-2-5-13(17)7-8-14-15(17)9-12-18(19(20,21)22)11-4-6-16(14)18/h13-16,20-22H,2-12H2,1H3/t13?,14-,15+,16+,17+,18-/m1/s1. The van der Waals surface area contributed by atoms with Crippen LogP contribution < -0.4 is 0 Å². The number of hydrogen-bond donors (Lipinski definition) is 3. The summed E-state index contributed by atoms with van der Waals surface area (Å²) in [6.07, 6.45) is 12.9. The molecule has 0 aromatic carbocycles. The molecule has 0 amide bonds. The van der Waals surface area contributed by atoms with Crippen molar-refractivity contribution in [2.45, 2.75) is 83.5 Å². The van der Waals surface area contributed by atoms with E-state index in [1.165, 1.54) is 38.5 Å². The SMILES string of the molecule is C[C@]12CCCCC1CC[C@H]1[C@@H]3CCC[C@@]3(C(O)(O)O)CC[C@@H]12. The van der Waals surface area contributed by atoms with Crippen LogP contribution in [0.1, 0.15) is 77.6 Å². The van der Waals surface area contributed by atoms with Crippen LogP contribution in [0.25, 0.3) is 0 Å². The summed E-state index contributed by atoms with van der Waals surface area (Å²) in [5, 5.41) is 30.3. The lowest BCUT2D eigenvalue weighted by Gasteiger charge is -2.61. The maximum Gasteiger partial charge on any atom is 0.281 e. The Bertz CT molecular complexity index is 442. The molecule has 3 N–H and O–H groups in total. The van der Waals surface area contributed by atoms with E-state index in [9.17, 15) is 15.3 Å². The summed E-state index contributed by atoms with van der Waals surface area (Å²) in [5.74, 6) is 0.0553. The van der Waals surface area contributed by atoms with Crippen LogP contribution in [-0.2, 0) is 0 Å². The van der Waals surface area contributed by atoms with E-state index in [4.69, 9.17) is 0 Å². The number of fused-ring (bicyclic) bond motifs is 5. The summed E-state index contributed by atoms with van der Waals surface area (Å²) in [6.45, 7) is 2.53. The van der Waals surface area contributed by atoms with Gasteiger partial charge in [0.15, 0.2) is 0 Å². The van der Waals surface area contributed by atoms with Crippen LogP contribution in [0, 0.1) is 34.5 Å². The molecular formula is C19H32O3. The quantitative estimate of drug-likeness (QED) is 0.651. The molecule has 1 unspecified atom stereocenters. The molecule has 3 nitrogen and oxygen atoms in total. The van der Waals surface area contributed by atoms with E-state index in [-0.39, 0.29) is 0 Å². The maximum absolute atomic E-state index is 10.1. The zero-order valence-corrected chi connectivity index (χ0v) is 13.9. The first kappa shape index (κ1) is 15.4. The van der Waals surface area contributed by atoms with E-state index < -0.39 is 11.4 Å². The predicted octanol–water partition coefficient (Wildman–Crippen LogP) is 3.42. The van der Waals surface area contributed by atoms with Crippen molar-refractivity contribution in [1.29, 1.82) is 0 Å². The smallest absolute Gasteiger partial charge is 0.281 e. The minimum absolute atomic E-state index is 0.311. The average molecular weight is 308 g/mol. The van der Waals surface area contributed by atoms with Gasteiger partial charge in [-0.15, -0.1) is 0 Å². The van der Waals surface area contributed by atoms with Crippen molar-refractivity contribution in [3.05, 3.63) is 0 Å². The second kappa shape index (κ2) is 4.94. The van der Waals surface area contributed by atoms with Gasteiger partial charge >= 0.3 is 0 Å². The summed E-state index contributed by atoms with van der Waals surface area (Å²) >= 11 is 0. The van der Waals surface area contributed by atoms with E-state index in [0.29, 0.717) is 17.3 Å². The van der Waals surface area contributed by atoms with Crippen molar-refractivity contribution in [3.63, 3.8) is 0 Å². The van der Waals surface area contributed by atoms with Crippen molar-refractivity contribution in [1.82, 2.24) is 0 Å². The molecular weight excluding hydrogens is 276 g/mol. The van der Waals surface area contributed by atoms with Crippen LogP contribution in [0.2, 0.25) is 0 Å². The van der Waals surface area contributed by atoms with Gasteiger partial charge in [-0.1, -0.05) is 26.2 Å². The summed E-state index contributed by atoms with van der Waals surface area (Å²) in [7, 11) is 0. The monoisotopic (exact) mass is 308 g/mol. The first-order valence-electron chi connectivity index (χ1n) is 9.56. The number of aliphatic hydroxyl groups is 3. The van der Waals surface area contributed by atoms with Crippen LogP contribution in [0.15, 0.2) is 0 Å². The maximum atomic E-state index is 10.1. The van der Waals surface area contributed by atoms with Gasteiger partial charge in [-0.3, -0.25) is 0 Å². The van der Waals surface area contributed by atoms with Gasteiger partial charge in [0, 0.05) is 0 Å². The van der Waals surface area contributed by atoms with Crippen LogP contribution in [-0.4, -0.2) is 21.3 Å². The summed E-state index contributed by atoms with van der Waals surface area (Å²) < 4.78 is 0. The van der Waals surface area contributed by atoms with E-state index in [0.717, 1.165) is 43.9 Å². The molecule has 4 aliphatic carbocycles. The van der Waals surface area contributed by atoms with Gasteiger partial charge < -0.3 is 15.3 Å². The van der Waals surface area contributed by atoms with Crippen LogP contribution in [0.4, 0.5) is 0 Å². The molecule has 4 rings (SSSR count). The van der Waals surface area contributed by atoms with Crippen LogP contribution in [0.3, 0.4) is 0 Å². The Morgan fingerprint density at radius 2 is 1.59 bits per heavy atom. The fourth-order valence-electron chi connectivity index (χ4n) is 7.53. The van der Waals surface area contributed by atoms with Crippen molar-refractivity contribution in [2.75, 3.05) is 0 Å². The van der Waals surface area contributed by atoms with Crippen molar-refractivity contribution < 1.29 is 15.3 Å². The minimum atomic E-state index is -2.48. The molecule has 0 bridgehead atoms. The Hall–Kier alpha value is -0.120. The fourth-order valence-corrected chi connectivity index (χ4v) is 7.53. The lowest BCUT2D eigenvalue weighted by atomic mass is 9.45. The summed E-state index contributed by atoms with van der Waals surface area (Å²) in [4.78, 5) is 0. The van der Waals surface area contributed by atoms with Gasteiger partial charge in [-0.05, 0) is 80.5 Å². The Morgan fingerprint density at radius 3 is 2.36 bits per heavy atom. The van der Waals surface area contributed by atoms with Gasteiger partial charge in [-0.2, -0.15) is 0 Å². The zero-order valence-electron chi connectivity index (χ0n) is 13.9. The first-order chi connectivity index (χ1) is 10.4. The Labute approximate surface area is 134 Å². The first-order valence-corrected chi connectivity index (χ1v) is 9.56. The van der Waals surface area contributed by atoms with Crippen LogP contribution >= 0.6 is 0 Å². The van der Waals surface area contributed by atoms with E-state index >= 15 is 0 Å². The predicted molar refractivity (Wildman–Crippen MR) is 84.7 cm³/mol. The van der Waals surface area contributed by atoms with Crippen molar-refractivity contribution >= 4 is 0 Å². The van der Waals surface area contributed by atoms with E-state index in [2.05, 4.69) is 6.92 Å². The molecule has 4 aliphatic rings. The molecule has 0 aliphatic heterocycles. The molecule has 0 spiro atoms. The number of rotatable bonds is 1. The second-order valence-electron chi connectivity index (χ2n) is 9.13. The minimum Gasteiger partial charge on any atom is -0.343 e. The molecule has 3 heteroatoms. The molecule has 22 heavy (non-hydrogen) atoms. The average Bonchev–Trinajstić information content (AvgIpc) is 2.91. The molecule has 4 saturated carbocycles. The van der Waals surface area contributed by atoms with Crippen molar-refractivity contribution in [2.24, 2.45) is 34.5 Å². The molecule has 6 atom stereocenters. The molecule has 0 radical (unpaired) electrons. The van der Waals surface area contributed by atoms with E-state index in [1.807, 2.05) is 0 Å². The molecule has 0 saturated heterocycles. The highest BCUT2D eigenvalue weighted by Crippen LogP contribution is 2.67. The van der Waals surface area contributed by atoms with Gasteiger partial charge in [0.1, 0.15) is 0 Å². The highest BCUT2D eigenvalue weighted by Gasteiger charge is 2.64. The third kappa shape index (κ3) is 1.91. The lowest BCUT2D eigenvalue weighted by molar-refractivity contribution is -0.393. The summed E-state index contributed by atoms with van der Waals surface area (Å²) in [5.41, 5.74) is -0.176. The summed E-state index contributed by atoms with van der Waals surface area (Å²) in [6, 6.07) is 0.